The van der Waals surface area contributed by atoms with Crippen molar-refractivity contribution in [1.82, 2.24) is 9.80 Å². The first-order valence-electron chi connectivity index (χ1n) is 7.20. The van der Waals surface area contributed by atoms with Crippen molar-refractivity contribution in [1.29, 1.82) is 0 Å². The van der Waals surface area contributed by atoms with E-state index in [1.165, 1.54) is 0 Å². The number of likely N-dealkylation sites (tertiary alicyclic amines) is 1. The van der Waals surface area contributed by atoms with Crippen molar-refractivity contribution < 1.29 is 9.59 Å². The molecule has 0 bridgehead atoms. The molecule has 110 valence electrons. The lowest BCUT2D eigenvalue weighted by Crippen LogP contribution is -2.55. The number of piperidine rings is 1. The molecule has 2 N–H and O–H groups in total. The van der Waals surface area contributed by atoms with Gasteiger partial charge in [-0.3, -0.25) is 9.59 Å². The van der Waals surface area contributed by atoms with Crippen LogP contribution in [0.1, 0.15) is 40.5 Å². The number of likely N-dealkylation sites (N-methyl/N-ethyl adjacent to an activating group) is 1. The predicted molar refractivity (Wildman–Crippen MR) is 75.5 cm³/mol. The second kappa shape index (κ2) is 6.89. The van der Waals surface area contributed by atoms with Crippen molar-refractivity contribution in [3.8, 4) is 0 Å². The fourth-order valence-corrected chi connectivity index (χ4v) is 2.64. The summed E-state index contributed by atoms with van der Waals surface area (Å²) < 4.78 is 0. The molecule has 0 spiro atoms. The maximum atomic E-state index is 12.3. The topological polar surface area (TPSA) is 66.6 Å². The Kier molecular flexibility index (Phi) is 5.79. The third-order valence-corrected chi connectivity index (χ3v) is 3.90. The number of rotatable bonds is 4. The normalized spacial score (nSPS) is 21.4. The summed E-state index contributed by atoms with van der Waals surface area (Å²) in [6.45, 7) is 9.54. The number of hydrogen-bond acceptors (Lipinski definition) is 3. The van der Waals surface area contributed by atoms with E-state index in [0.717, 1.165) is 19.4 Å². The van der Waals surface area contributed by atoms with E-state index in [9.17, 15) is 9.59 Å². The first kappa shape index (κ1) is 16.0. The second-order valence-corrected chi connectivity index (χ2v) is 5.66. The van der Waals surface area contributed by atoms with Crippen molar-refractivity contribution in [2.45, 2.75) is 52.6 Å². The van der Waals surface area contributed by atoms with Gasteiger partial charge in [0.15, 0.2) is 0 Å². The molecule has 2 amide bonds. The molecule has 0 saturated carbocycles. The number of amides is 2. The number of nitrogens with zero attached hydrogens (tertiary/aromatic N) is 2. The monoisotopic (exact) mass is 269 g/mol. The van der Waals surface area contributed by atoms with Gasteiger partial charge in [-0.1, -0.05) is 13.8 Å². The maximum absolute atomic E-state index is 12.3. The summed E-state index contributed by atoms with van der Waals surface area (Å²) in [7, 11) is 0. The van der Waals surface area contributed by atoms with E-state index in [1.807, 2.05) is 30.6 Å². The molecule has 0 aromatic heterocycles. The SMILES string of the molecule is CCN(C(C)=O)[C@@H]1CCCN(C(=O)[C@@H](N)C(C)C)C1. The third kappa shape index (κ3) is 3.93. The van der Waals surface area contributed by atoms with Crippen LogP contribution >= 0.6 is 0 Å². The standard InChI is InChI=1S/C14H27N3O2/c1-5-17(11(4)18)12-7-6-8-16(9-12)14(19)13(15)10(2)3/h10,12-13H,5-9,15H2,1-4H3/t12-,13+/m1/s1. The van der Waals surface area contributed by atoms with Crippen LogP contribution in [0.25, 0.3) is 0 Å². The van der Waals surface area contributed by atoms with Crippen LogP contribution in [0.15, 0.2) is 0 Å². The molecule has 1 saturated heterocycles. The largest absolute Gasteiger partial charge is 0.339 e. The highest BCUT2D eigenvalue weighted by Crippen LogP contribution is 2.17. The number of nitrogens with two attached hydrogens (primary N) is 1. The smallest absolute Gasteiger partial charge is 0.239 e. The van der Waals surface area contributed by atoms with Crippen molar-refractivity contribution >= 4 is 11.8 Å². The molecule has 5 nitrogen and oxygen atoms in total. The van der Waals surface area contributed by atoms with Gasteiger partial charge in [-0.25, -0.2) is 0 Å². The lowest BCUT2D eigenvalue weighted by atomic mass is 9.99. The minimum Gasteiger partial charge on any atom is -0.339 e. The molecule has 1 aliphatic heterocycles. The van der Waals surface area contributed by atoms with Gasteiger partial charge in [0.1, 0.15) is 0 Å². The molecule has 1 rings (SSSR count). The maximum Gasteiger partial charge on any atom is 0.239 e. The van der Waals surface area contributed by atoms with E-state index >= 15 is 0 Å². The molecule has 5 heteroatoms. The molecule has 0 unspecified atom stereocenters. The molecule has 0 radical (unpaired) electrons. The lowest BCUT2D eigenvalue weighted by molar-refractivity contribution is -0.139. The van der Waals surface area contributed by atoms with Gasteiger partial charge in [-0.15, -0.1) is 0 Å². The summed E-state index contributed by atoms with van der Waals surface area (Å²) in [5.74, 6) is 0.234. The summed E-state index contributed by atoms with van der Waals surface area (Å²) in [4.78, 5) is 27.5. The Morgan fingerprint density at radius 3 is 2.53 bits per heavy atom. The van der Waals surface area contributed by atoms with Crippen LogP contribution in [-0.2, 0) is 9.59 Å². The Bertz CT molecular complexity index is 331. The molecule has 0 aromatic rings. The van der Waals surface area contributed by atoms with Gasteiger partial charge in [0.05, 0.1) is 6.04 Å². The Labute approximate surface area is 116 Å². The van der Waals surface area contributed by atoms with Gasteiger partial charge >= 0.3 is 0 Å². The van der Waals surface area contributed by atoms with E-state index in [1.54, 1.807) is 6.92 Å². The van der Waals surface area contributed by atoms with Crippen LogP contribution in [-0.4, -0.2) is 53.3 Å². The first-order valence-corrected chi connectivity index (χ1v) is 7.20. The van der Waals surface area contributed by atoms with E-state index in [-0.39, 0.29) is 23.8 Å². The van der Waals surface area contributed by atoms with Crippen LogP contribution in [0.3, 0.4) is 0 Å². The van der Waals surface area contributed by atoms with E-state index < -0.39 is 6.04 Å². The fourth-order valence-electron chi connectivity index (χ4n) is 2.64. The van der Waals surface area contributed by atoms with Gasteiger partial charge in [-0.05, 0) is 25.7 Å². The highest BCUT2D eigenvalue weighted by molar-refractivity contribution is 5.82. The minimum atomic E-state index is -0.439. The molecule has 0 aliphatic carbocycles. The average Bonchev–Trinajstić information content (AvgIpc) is 2.37. The molecular weight excluding hydrogens is 242 g/mol. The molecule has 0 aromatic carbocycles. The summed E-state index contributed by atoms with van der Waals surface area (Å²) in [6.07, 6.45) is 1.90. The van der Waals surface area contributed by atoms with Crippen molar-refractivity contribution in [2.75, 3.05) is 19.6 Å². The van der Waals surface area contributed by atoms with Crippen molar-refractivity contribution in [3.63, 3.8) is 0 Å². The summed E-state index contributed by atoms with van der Waals surface area (Å²) in [6, 6.07) is -0.300. The average molecular weight is 269 g/mol. The molecule has 2 atom stereocenters. The third-order valence-electron chi connectivity index (χ3n) is 3.90. The quantitative estimate of drug-likeness (QED) is 0.822. The van der Waals surface area contributed by atoms with Gasteiger partial charge in [0.2, 0.25) is 11.8 Å². The zero-order chi connectivity index (χ0) is 14.6. The minimum absolute atomic E-state index is 0.0132. The highest BCUT2D eigenvalue weighted by atomic mass is 16.2. The summed E-state index contributed by atoms with van der Waals surface area (Å²) >= 11 is 0. The van der Waals surface area contributed by atoms with E-state index in [0.29, 0.717) is 13.1 Å². The van der Waals surface area contributed by atoms with E-state index in [2.05, 4.69) is 0 Å². The number of carbonyl (C=O) groups excluding carboxylic acids is 2. The lowest BCUT2D eigenvalue weighted by Gasteiger charge is -2.39. The van der Waals surface area contributed by atoms with E-state index in [4.69, 9.17) is 5.73 Å². The first-order chi connectivity index (χ1) is 8.88. The van der Waals surface area contributed by atoms with Crippen LogP contribution in [0.4, 0.5) is 0 Å². The summed E-state index contributed by atoms with van der Waals surface area (Å²) in [5.41, 5.74) is 5.93. The van der Waals surface area contributed by atoms with Gasteiger partial charge in [0, 0.05) is 32.6 Å². The molecule has 19 heavy (non-hydrogen) atoms. The Morgan fingerprint density at radius 1 is 1.42 bits per heavy atom. The van der Waals surface area contributed by atoms with Crippen LogP contribution in [0.2, 0.25) is 0 Å². The zero-order valence-corrected chi connectivity index (χ0v) is 12.6. The van der Waals surface area contributed by atoms with Crippen molar-refractivity contribution in [2.24, 2.45) is 11.7 Å². The van der Waals surface area contributed by atoms with Crippen LogP contribution in [0, 0.1) is 5.92 Å². The highest BCUT2D eigenvalue weighted by Gasteiger charge is 2.31. The van der Waals surface area contributed by atoms with Crippen LogP contribution < -0.4 is 5.73 Å². The number of hydrogen-bond donors (Lipinski definition) is 1. The molecule has 1 aliphatic rings. The second-order valence-electron chi connectivity index (χ2n) is 5.66. The van der Waals surface area contributed by atoms with Crippen LogP contribution in [0.5, 0.6) is 0 Å². The summed E-state index contributed by atoms with van der Waals surface area (Å²) in [5, 5.41) is 0. The molecule has 1 heterocycles. The Balaban J connectivity index is 2.69. The number of carbonyl (C=O) groups is 2. The molecule has 1 fully saturated rings. The van der Waals surface area contributed by atoms with Gasteiger partial charge in [-0.2, -0.15) is 0 Å². The van der Waals surface area contributed by atoms with Gasteiger partial charge < -0.3 is 15.5 Å². The fraction of sp³-hybridized carbons (Fsp3) is 0.857. The Hall–Kier alpha value is -1.10. The zero-order valence-electron chi connectivity index (χ0n) is 12.6. The van der Waals surface area contributed by atoms with Gasteiger partial charge in [0.25, 0.3) is 0 Å². The predicted octanol–water partition coefficient (Wildman–Crippen LogP) is 0.829. The Morgan fingerprint density at radius 2 is 2.05 bits per heavy atom. The van der Waals surface area contributed by atoms with Crippen molar-refractivity contribution in [3.05, 3.63) is 0 Å². The molecular formula is C14H27N3O2.